The van der Waals surface area contributed by atoms with Crippen molar-refractivity contribution in [2.75, 3.05) is 27.9 Å². The van der Waals surface area contributed by atoms with E-state index in [1.54, 1.807) is 69.9 Å². The Balaban J connectivity index is 1.97. The molecule has 2 aromatic carbocycles. The summed E-state index contributed by atoms with van der Waals surface area (Å²) in [5, 5.41) is 0. The van der Waals surface area contributed by atoms with Gasteiger partial charge < -0.3 is 22.8 Å². The van der Waals surface area contributed by atoms with E-state index in [4.69, 9.17) is 22.8 Å². The monoisotopic (exact) mass is 454 g/mol. The molecule has 0 saturated carbocycles. The Bertz CT molecular complexity index is 868. The summed E-state index contributed by atoms with van der Waals surface area (Å²) in [6, 6.07) is 13.4. The summed E-state index contributed by atoms with van der Waals surface area (Å²) < 4.78 is 53.0. The molecule has 0 atom stereocenters. The molecule has 7 nitrogen and oxygen atoms in total. The third-order valence-corrected chi connectivity index (χ3v) is 9.09. The highest BCUT2D eigenvalue weighted by Gasteiger charge is 2.36. The molecule has 0 spiro atoms. The first-order valence-corrected chi connectivity index (χ1v) is 13.1. The van der Waals surface area contributed by atoms with Gasteiger partial charge in [0.25, 0.3) is 0 Å². The van der Waals surface area contributed by atoms with Crippen LogP contribution in [0.2, 0.25) is 6.04 Å². The third kappa shape index (κ3) is 6.29. The van der Waals surface area contributed by atoms with Crippen LogP contribution >= 0.6 is 0 Å². The van der Waals surface area contributed by atoms with Crippen molar-refractivity contribution in [3.63, 3.8) is 0 Å². The van der Waals surface area contributed by atoms with Crippen LogP contribution in [-0.2, 0) is 23.1 Å². The molecule has 2 rings (SSSR count). The van der Waals surface area contributed by atoms with Crippen molar-refractivity contribution in [3.8, 4) is 11.5 Å². The van der Waals surface area contributed by atoms with E-state index >= 15 is 0 Å². The van der Waals surface area contributed by atoms with Gasteiger partial charge in [0.05, 0.1) is 22.5 Å². The molecule has 0 aliphatic carbocycles. The van der Waals surface area contributed by atoms with Gasteiger partial charge in [-0.05, 0) is 68.8 Å². The zero-order chi connectivity index (χ0) is 22.2. The van der Waals surface area contributed by atoms with Gasteiger partial charge in [0.1, 0.15) is 11.5 Å². The molecule has 2 aromatic rings. The van der Waals surface area contributed by atoms with Crippen molar-refractivity contribution < 1.29 is 31.2 Å². The molecule has 0 saturated heterocycles. The van der Waals surface area contributed by atoms with Crippen LogP contribution in [0.1, 0.15) is 20.3 Å². The lowest BCUT2D eigenvalue weighted by molar-refractivity contribution is 0.121. The highest BCUT2D eigenvalue weighted by Crippen LogP contribution is 2.25. The average molecular weight is 455 g/mol. The third-order valence-electron chi connectivity index (χ3n) is 4.47. The minimum absolute atomic E-state index is 0.0252. The van der Waals surface area contributed by atoms with Gasteiger partial charge in [0, 0.05) is 27.4 Å². The second kappa shape index (κ2) is 10.9. The van der Waals surface area contributed by atoms with Gasteiger partial charge in [-0.2, -0.15) is 0 Å². The number of benzene rings is 2. The van der Waals surface area contributed by atoms with Crippen molar-refractivity contribution in [2.24, 2.45) is 0 Å². The molecule has 166 valence electrons. The van der Waals surface area contributed by atoms with Gasteiger partial charge in [0.2, 0.25) is 9.84 Å². The summed E-state index contributed by atoms with van der Waals surface area (Å²) in [5.41, 5.74) is 0. The second-order valence-corrected chi connectivity index (χ2v) is 11.9. The number of sulfone groups is 1. The van der Waals surface area contributed by atoms with E-state index in [1.165, 1.54) is 0 Å². The molecule has 0 aliphatic heterocycles. The van der Waals surface area contributed by atoms with Crippen molar-refractivity contribution in [1.82, 2.24) is 0 Å². The van der Waals surface area contributed by atoms with Gasteiger partial charge in [-0.1, -0.05) is 0 Å². The molecule has 30 heavy (non-hydrogen) atoms. The summed E-state index contributed by atoms with van der Waals surface area (Å²) in [6.45, 7) is 4.27. The lowest BCUT2D eigenvalue weighted by Crippen LogP contribution is -2.42. The van der Waals surface area contributed by atoms with Crippen LogP contribution in [0.15, 0.2) is 58.3 Å². The minimum Gasteiger partial charge on any atom is -0.494 e. The number of hydrogen-bond donors (Lipinski definition) is 0. The Kier molecular flexibility index (Phi) is 8.87. The SMILES string of the molecule is CO[Si](CCCOc1ccc(S(=O)(=O)c2ccc(OC(C)C)cc2)cc1)(OC)OC. The molecule has 0 N–H and O–H groups in total. The topological polar surface area (TPSA) is 80.3 Å². The van der Waals surface area contributed by atoms with Gasteiger partial charge in [-0.15, -0.1) is 0 Å². The van der Waals surface area contributed by atoms with Crippen LogP contribution in [-0.4, -0.2) is 51.3 Å². The Morgan fingerprint density at radius 3 is 1.70 bits per heavy atom. The van der Waals surface area contributed by atoms with Gasteiger partial charge in [0.15, 0.2) is 0 Å². The highest BCUT2D eigenvalue weighted by atomic mass is 32.2. The quantitative estimate of drug-likeness (QED) is 0.355. The van der Waals surface area contributed by atoms with Crippen LogP contribution in [0.4, 0.5) is 0 Å². The molecule has 9 heteroatoms. The molecule has 0 unspecified atom stereocenters. The summed E-state index contributed by atoms with van der Waals surface area (Å²) >= 11 is 0. The fourth-order valence-electron chi connectivity index (χ4n) is 2.86. The predicted molar refractivity (Wildman–Crippen MR) is 116 cm³/mol. The van der Waals surface area contributed by atoms with Crippen LogP contribution in [0.5, 0.6) is 11.5 Å². The zero-order valence-corrected chi connectivity index (χ0v) is 19.9. The lowest BCUT2D eigenvalue weighted by atomic mass is 10.3. The summed E-state index contributed by atoms with van der Waals surface area (Å²) in [7, 11) is -1.50. The highest BCUT2D eigenvalue weighted by molar-refractivity contribution is 7.91. The standard InChI is InChI=1S/C21H30O7SSi/c1-17(2)28-19-9-13-21(14-10-19)29(22,23)20-11-7-18(8-12-20)27-15-6-16-30(24-3,25-4)26-5/h7-14,17H,6,15-16H2,1-5H3. The maximum atomic E-state index is 12.8. The maximum absolute atomic E-state index is 12.8. The molecule has 0 fully saturated rings. The molecule has 0 heterocycles. The first-order chi connectivity index (χ1) is 14.3. The first kappa shape index (κ1) is 24.4. The number of rotatable bonds is 12. The normalized spacial score (nSPS) is 12.2. The van der Waals surface area contributed by atoms with Crippen LogP contribution in [0, 0.1) is 0 Å². The molecular weight excluding hydrogens is 424 g/mol. The van der Waals surface area contributed by atoms with E-state index in [0.717, 1.165) is 0 Å². The van der Waals surface area contributed by atoms with E-state index in [-0.39, 0.29) is 15.9 Å². The van der Waals surface area contributed by atoms with E-state index < -0.39 is 18.6 Å². The van der Waals surface area contributed by atoms with Crippen molar-refractivity contribution in [3.05, 3.63) is 48.5 Å². The molecule has 0 aromatic heterocycles. The van der Waals surface area contributed by atoms with E-state index in [9.17, 15) is 8.42 Å². The van der Waals surface area contributed by atoms with E-state index in [1.807, 2.05) is 13.8 Å². The Morgan fingerprint density at radius 2 is 1.27 bits per heavy atom. The van der Waals surface area contributed by atoms with Crippen molar-refractivity contribution >= 4 is 18.6 Å². The van der Waals surface area contributed by atoms with Crippen LogP contribution in [0.25, 0.3) is 0 Å². The summed E-state index contributed by atoms with van der Waals surface area (Å²) in [6.07, 6.45) is 0.712. The van der Waals surface area contributed by atoms with Gasteiger partial charge in [-0.25, -0.2) is 8.42 Å². The first-order valence-electron chi connectivity index (χ1n) is 9.66. The molecule has 0 amide bonds. The number of hydrogen-bond acceptors (Lipinski definition) is 7. The summed E-state index contributed by atoms with van der Waals surface area (Å²) in [5.74, 6) is 1.23. The minimum atomic E-state index is -3.61. The lowest BCUT2D eigenvalue weighted by Gasteiger charge is -2.24. The largest absolute Gasteiger partial charge is 0.500 e. The van der Waals surface area contributed by atoms with Gasteiger partial charge >= 0.3 is 8.80 Å². The fraction of sp³-hybridized carbons (Fsp3) is 0.429. The average Bonchev–Trinajstić information content (AvgIpc) is 2.75. The Labute approximate surface area is 180 Å². The molecule has 0 radical (unpaired) electrons. The van der Waals surface area contributed by atoms with E-state index in [2.05, 4.69) is 0 Å². The zero-order valence-electron chi connectivity index (χ0n) is 18.1. The number of ether oxygens (including phenoxy) is 2. The van der Waals surface area contributed by atoms with Gasteiger partial charge in [-0.3, -0.25) is 0 Å². The molecule has 0 aliphatic rings. The second-order valence-electron chi connectivity index (χ2n) is 6.86. The van der Waals surface area contributed by atoms with E-state index in [0.29, 0.717) is 30.6 Å². The molecular formula is C21H30O7SSi. The smallest absolute Gasteiger partial charge is 0.494 e. The van der Waals surface area contributed by atoms with Crippen LogP contribution < -0.4 is 9.47 Å². The fourth-order valence-corrected chi connectivity index (χ4v) is 5.81. The van der Waals surface area contributed by atoms with Crippen LogP contribution in [0.3, 0.4) is 0 Å². The Morgan fingerprint density at radius 1 is 0.800 bits per heavy atom. The predicted octanol–water partition coefficient (Wildman–Crippen LogP) is 3.95. The Hall–Kier alpha value is -1.91. The summed E-state index contributed by atoms with van der Waals surface area (Å²) in [4.78, 5) is 0.421. The maximum Gasteiger partial charge on any atom is 0.500 e. The van der Waals surface area contributed by atoms with Crippen molar-refractivity contribution in [1.29, 1.82) is 0 Å². The van der Waals surface area contributed by atoms with Crippen molar-refractivity contribution in [2.45, 2.75) is 42.2 Å². The molecule has 0 bridgehead atoms.